The van der Waals surface area contributed by atoms with E-state index in [0.29, 0.717) is 12.2 Å². The molecule has 0 radical (unpaired) electrons. The van der Waals surface area contributed by atoms with Crippen molar-refractivity contribution in [2.24, 2.45) is 5.73 Å². The summed E-state index contributed by atoms with van der Waals surface area (Å²) in [6.45, 7) is 2.12. The smallest absolute Gasteiger partial charge is 0.302 e. The van der Waals surface area contributed by atoms with Gasteiger partial charge in [-0.25, -0.2) is 0 Å². The number of carbonyl (C=O) groups excluding carboxylic acids is 2. The van der Waals surface area contributed by atoms with Crippen LogP contribution in [0.25, 0.3) is 0 Å². The number of nitrogens with zero attached hydrogens (tertiary/aromatic N) is 1. The number of hydrogen-bond acceptors (Lipinski definition) is 4. The lowest BCUT2D eigenvalue weighted by Gasteiger charge is -2.02. The van der Waals surface area contributed by atoms with Gasteiger partial charge in [-0.2, -0.15) is 4.57 Å². The minimum atomic E-state index is -0.487. The second-order valence-electron chi connectivity index (χ2n) is 3.35. The molecule has 0 bridgehead atoms. The number of primary amides is 1. The average molecular weight is 239 g/mol. The standard InChI is InChI=1S/C11H14N2O4/c1-9(14)17-6-5-16-8-13-4-2-3-10(7-13)11(12)15/h2-4,7H,5-6,8H2,1H3,(H-,12,15)/p+1. The molecule has 0 atom stereocenters. The van der Waals surface area contributed by atoms with Crippen LogP contribution in [0.15, 0.2) is 24.5 Å². The van der Waals surface area contributed by atoms with E-state index in [2.05, 4.69) is 0 Å². The summed E-state index contributed by atoms with van der Waals surface area (Å²) in [6.07, 6.45) is 3.34. The summed E-state index contributed by atoms with van der Waals surface area (Å²) in [6, 6.07) is 3.33. The molecule has 0 fully saturated rings. The van der Waals surface area contributed by atoms with Crippen LogP contribution < -0.4 is 10.3 Å². The Morgan fingerprint density at radius 2 is 2.18 bits per heavy atom. The zero-order valence-electron chi connectivity index (χ0n) is 9.59. The quantitative estimate of drug-likeness (QED) is 0.416. The highest BCUT2D eigenvalue weighted by atomic mass is 16.6. The highest BCUT2D eigenvalue weighted by Crippen LogP contribution is 1.92. The van der Waals surface area contributed by atoms with E-state index in [0.717, 1.165) is 0 Å². The summed E-state index contributed by atoms with van der Waals surface area (Å²) in [4.78, 5) is 21.4. The number of amides is 1. The molecule has 0 aromatic carbocycles. The molecule has 0 aliphatic heterocycles. The van der Waals surface area contributed by atoms with Crippen molar-refractivity contribution in [3.63, 3.8) is 0 Å². The van der Waals surface area contributed by atoms with Crippen molar-refractivity contribution in [3.05, 3.63) is 30.1 Å². The van der Waals surface area contributed by atoms with Crippen molar-refractivity contribution >= 4 is 11.9 Å². The van der Waals surface area contributed by atoms with Gasteiger partial charge in [0.2, 0.25) is 0 Å². The molecular weight excluding hydrogens is 224 g/mol. The average Bonchev–Trinajstić information content (AvgIpc) is 2.28. The highest BCUT2D eigenvalue weighted by Gasteiger charge is 2.06. The molecule has 1 amide bonds. The maximum atomic E-state index is 10.9. The molecule has 92 valence electrons. The fraction of sp³-hybridized carbons (Fsp3) is 0.364. The maximum Gasteiger partial charge on any atom is 0.302 e. The molecule has 0 saturated carbocycles. The van der Waals surface area contributed by atoms with Crippen LogP contribution in [0, 0.1) is 0 Å². The molecule has 0 aliphatic carbocycles. The number of nitrogens with two attached hydrogens (primary N) is 1. The lowest BCUT2D eigenvalue weighted by Crippen LogP contribution is -2.36. The molecular formula is C11H15N2O4+. The molecule has 6 nitrogen and oxygen atoms in total. The Bertz CT molecular complexity index is 406. The van der Waals surface area contributed by atoms with E-state index in [1.807, 2.05) is 0 Å². The predicted molar refractivity (Wildman–Crippen MR) is 57.7 cm³/mol. The van der Waals surface area contributed by atoms with Crippen LogP contribution in [0.2, 0.25) is 0 Å². The molecule has 0 spiro atoms. The van der Waals surface area contributed by atoms with E-state index in [4.69, 9.17) is 15.2 Å². The third-order valence-corrected chi connectivity index (χ3v) is 1.92. The molecule has 1 aromatic heterocycles. The summed E-state index contributed by atoms with van der Waals surface area (Å²) in [5.41, 5.74) is 5.55. The number of hydrogen-bond donors (Lipinski definition) is 1. The van der Waals surface area contributed by atoms with Crippen LogP contribution in [0.1, 0.15) is 17.3 Å². The van der Waals surface area contributed by atoms with Crippen molar-refractivity contribution in [2.45, 2.75) is 13.7 Å². The van der Waals surface area contributed by atoms with Crippen molar-refractivity contribution in [1.82, 2.24) is 0 Å². The number of aromatic nitrogens is 1. The van der Waals surface area contributed by atoms with Crippen molar-refractivity contribution in [3.8, 4) is 0 Å². The fourth-order valence-corrected chi connectivity index (χ4v) is 1.16. The van der Waals surface area contributed by atoms with Crippen LogP contribution >= 0.6 is 0 Å². The third-order valence-electron chi connectivity index (χ3n) is 1.92. The van der Waals surface area contributed by atoms with Crippen molar-refractivity contribution in [1.29, 1.82) is 0 Å². The van der Waals surface area contributed by atoms with Crippen LogP contribution in [0.5, 0.6) is 0 Å². The van der Waals surface area contributed by atoms with Gasteiger partial charge in [0, 0.05) is 13.0 Å². The topological polar surface area (TPSA) is 82.5 Å². The zero-order valence-corrected chi connectivity index (χ0v) is 9.59. The lowest BCUT2D eigenvalue weighted by atomic mass is 10.3. The first-order valence-corrected chi connectivity index (χ1v) is 5.09. The van der Waals surface area contributed by atoms with Crippen molar-refractivity contribution < 1.29 is 23.6 Å². The van der Waals surface area contributed by atoms with Gasteiger partial charge in [-0.1, -0.05) is 0 Å². The summed E-state index contributed by atoms with van der Waals surface area (Å²) < 4.78 is 11.6. The predicted octanol–water partition coefficient (Wildman–Crippen LogP) is -0.390. The summed E-state index contributed by atoms with van der Waals surface area (Å²) in [5, 5.41) is 0. The molecule has 0 saturated heterocycles. The van der Waals surface area contributed by atoms with Gasteiger partial charge in [-0.05, 0) is 6.07 Å². The number of esters is 1. The summed E-state index contributed by atoms with van der Waals surface area (Å²) in [7, 11) is 0. The van der Waals surface area contributed by atoms with Gasteiger partial charge in [0.05, 0.1) is 6.61 Å². The van der Waals surface area contributed by atoms with Crippen molar-refractivity contribution in [2.75, 3.05) is 13.2 Å². The van der Waals surface area contributed by atoms with Gasteiger partial charge in [0.1, 0.15) is 12.2 Å². The SMILES string of the molecule is CC(=O)OCCOC[n+]1cccc(C(N)=O)c1. The molecule has 2 N–H and O–H groups in total. The number of ether oxygens (including phenoxy) is 2. The largest absolute Gasteiger partial charge is 0.463 e. The Balaban J connectivity index is 2.34. The first-order chi connectivity index (χ1) is 8.09. The molecule has 1 heterocycles. The van der Waals surface area contributed by atoms with Crippen LogP contribution in [-0.2, 0) is 21.0 Å². The Kier molecular flexibility index (Phi) is 5.09. The molecule has 1 aromatic rings. The van der Waals surface area contributed by atoms with E-state index >= 15 is 0 Å². The van der Waals surface area contributed by atoms with Gasteiger partial charge in [-0.15, -0.1) is 0 Å². The van der Waals surface area contributed by atoms with Crippen LogP contribution in [0.3, 0.4) is 0 Å². The lowest BCUT2D eigenvalue weighted by molar-refractivity contribution is -0.732. The normalized spacial score (nSPS) is 9.94. The number of rotatable bonds is 6. The van der Waals surface area contributed by atoms with E-state index in [1.54, 1.807) is 29.1 Å². The monoisotopic (exact) mass is 239 g/mol. The third kappa shape index (κ3) is 5.07. The Hall–Kier alpha value is -1.95. The van der Waals surface area contributed by atoms with Gasteiger partial charge in [0.25, 0.3) is 12.6 Å². The Morgan fingerprint density at radius 1 is 1.41 bits per heavy atom. The molecule has 1 rings (SSSR count). The van der Waals surface area contributed by atoms with E-state index < -0.39 is 5.91 Å². The van der Waals surface area contributed by atoms with E-state index in [1.165, 1.54) is 6.92 Å². The Morgan fingerprint density at radius 3 is 2.82 bits per heavy atom. The van der Waals surface area contributed by atoms with E-state index in [9.17, 15) is 9.59 Å². The van der Waals surface area contributed by atoms with Gasteiger partial charge >= 0.3 is 5.97 Å². The first kappa shape index (κ1) is 13.1. The summed E-state index contributed by atoms with van der Waals surface area (Å²) in [5.74, 6) is -0.823. The Labute approximate surface area is 98.9 Å². The molecule has 0 aliphatic rings. The number of carbonyl (C=O) groups is 2. The van der Waals surface area contributed by atoms with Gasteiger partial charge < -0.3 is 15.2 Å². The fourth-order valence-electron chi connectivity index (χ4n) is 1.16. The molecule has 6 heteroatoms. The molecule has 17 heavy (non-hydrogen) atoms. The van der Waals surface area contributed by atoms with E-state index in [-0.39, 0.29) is 19.3 Å². The second kappa shape index (κ2) is 6.59. The molecule has 0 unspecified atom stereocenters. The van der Waals surface area contributed by atoms with Crippen LogP contribution in [0.4, 0.5) is 0 Å². The minimum Gasteiger partial charge on any atom is -0.463 e. The summed E-state index contributed by atoms with van der Waals surface area (Å²) >= 11 is 0. The second-order valence-corrected chi connectivity index (χ2v) is 3.35. The first-order valence-electron chi connectivity index (χ1n) is 5.09. The minimum absolute atomic E-state index is 0.214. The number of pyridine rings is 1. The van der Waals surface area contributed by atoms with Gasteiger partial charge in [0.15, 0.2) is 12.4 Å². The van der Waals surface area contributed by atoms with Gasteiger partial charge in [-0.3, -0.25) is 9.59 Å². The highest BCUT2D eigenvalue weighted by molar-refractivity contribution is 5.92. The maximum absolute atomic E-state index is 10.9. The zero-order chi connectivity index (χ0) is 12.7. The van der Waals surface area contributed by atoms with Crippen LogP contribution in [-0.4, -0.2) is 25.1 Å².